The van der Waals surface area contributed by atoms with E-state index in [9.17, 15) is 0 Å². The molecule has 0 saturated carbocycles. The molecule has 2 rings (SSSR count). The van der Waals surface area contributed by atoms with Crippen LogP contribution >= 0.6 is 0 Å². The minimum absolute atomic E-state index is 0.252. The van der Waals surface area contributed by atoms with Crippen molar-refractivity contribution in [2.75, 3.05) is 6.54 Å². The normalized spacial score (nSPS) is 12.2. The van der Waals surface area contributed by atoms with Gasteiger partial charge in [0.1, 0.15) is 17.2 Å². The van der Waals surface area contributed by atoms with E-state index in [-0.39, 0.29) is 5.60 Å². The number of ether oxygens (including phenoxy) is 1. The average Bonchev–Trinajstić information content (AvgIpc) is 2.89. The molecule has 1 aromatic carbocycles. The first-order valence-electron chi connectivity index (χ1n) is 9.35. The van der Waals surface area contributed by atoms with Crippen molar-refractivity contribution in [1.82, 2.24) is 25.4 Å². The molecule has 0 fully saturated rings. The van der Waals surface area contributed by atoms with Gasteiger partial charge in [-0.15, -0.1) is 10.2 Å². The highest BCUT2D eigenvalue weighted by atomic mass is 16.5. The lowest BCUT2D eigenvalue weighted by atomic mass is 10.1. The van der Waals surface area contributed by atoms with Gasteiger partial charge in [-0.1, -0.05) is 12.1 Å². The van der Waals surface area contributed by atoms with E-state index in [1.54, 1.807) is 0 Å². The number of aryl methyl sites for hydroxylation is 2. The maximum Gasteiger partial charge on any atom is 0.191 e. The molecule has 1 aromatic heterocycles. The first kappa shape index (κ1) is 20.7. The van der Waals surface area contributed by atoms with Crippen molar-refractivity contribution in [1.29, 1.82) is 0 Å². The van der Waals surface area contributed by atoms with Gasteiger partial charge in [0, 0.05) is 19.2 Å². The minimum Gasteiger partial charge on any atom is -0.488 e. The zero-order valence-corrected chi connectivity index (χ0v) is 17.6. The largest absolute Gasteiger partial charge is 0.488 e. The van der Waals surface area contributed by atoms with Crippen LogP contribution in [0.3, 0.4) is 0 Å². The van der Waals surface area contributed by atoms with Gasteiger partial charge in [0.05, 0.1) is 13.1 Å². The first-order chi connectivity index (χ1) is 12.7. The SMILES string of the molecule is CCNC(=NCc1ccc(C)cc1OC(C)(C)C)NCc1nnc(C)n1C. The first-order valence-corrected chi connectivity index (χ1v) is 9.35. The van der Waals surface area contributed by atoms with Crippen molar-refractivity contribution < 1.29 is 4.74 Å². The Balaban J connectivity index is 2.13. The third-order valence-electron chi connectivity index (χ3n) is 3.99. The molecule has 2 N–H and O–H groups in total. The summed E-state index contributed by atoms with van der Waals surface area (Å²) in [7, 11) is 1.96. The molecule has 0 saturated heterocycles. The lowest BCUT2D eigenvalue weighted by Gasteiger charge is -2.23. The lowest BCUT2D eigenvalue weighted by molar-refractivity contribution is 0.129. The van der Waals surface area contributed by atoms with E-state index in [0.717, 1.165) is 35.5 Å². The van der Waals surface area contributed by atoms with E-state index in [0.29, 0.717) is 13.1 Å². The van der Waals surface area contributed by atoms with Gasteiger partial charge >= 0.3 is 0 Å². The zero-order chi connectivity index (χ0) is 20.0. The zero-order valence-electron chi connectivity index (χ0n) is 17.6. The molecule has 0 aliphatic heterocycles. The predicted molar refractivity (Wildman–Crippen MR) is 109 cm³/mol. The minimum atomic E-state index is -0.252. The van der Waals surface area contributed by atoms with Crippen LogP contribution in [0, 0.1) is 13.8 Å². The quantitative estimate of drug-likeness (QED) is 0.602. The van der Waals surface area contributed by atoms with Crippen LogP contribution < -0.4 is 15.4 Å². The van der Waals surface area contributed by atoms with Gasteiger partial charge in [0.2, 0.25) is 0 Å². The highest BCUT2D eigenvalue weighted by Gasteiger charge is 2.15. The van der Waals surface area contributed by atoms with Crippen LogP contribution in [0.4, 0.5) is 0 Å². The molecular formula is C20H32N6O. The van der Waals surface area contributed by atoms with Gasteiger partial charge in [-0.25, -0.2) is 4.99 Å². The van der Waals surface area contributed by atoms with Crippen molar-refractivity contribution in [2.45, 2.75) is 60.2 Å². The highest BCUT2D eigenvalue weighted by Crippen LogP contribution is 2.25. The molecule has 0 radical (unpaired) electrons. The molecule has 0 atom stereocenters. The van der Waals surface area contributed by atoms with Crippen molar-refractivity contribution in [3.05, 3.63) is 41.0 Å². The molecular weight excluding hydrogens is 340 g/mol. The lowest BCUT2D eigenvalue weighted by Crippen LogP contribution is -2.37. The number of hydrogen-bond acceptors (Lipinski definition) is 4. The summed E-state index contributed by atoms with van der Waals surface area (Å²) >= 11 is 0. The molecule has 2 aromatic rings. The smallest absolute Gasteiger partial charge is 0.191 e. The number of guanidine groups is 1. The van der Waals surface area contributed by atoms with Crippen LogP contribution in [-0.2, 0) is 20.1 Å². The summed E-state index contributed by atoms with van der Waals surface area (Å²) < 4.78 is 8.09. The molecule has 0 bridgehead atoms. The Morgan fingerprint density at radius 1 is 1.19 bits per heavy atom. The molecule has 0 amide bonds. The standard InChI is InChI=1S/C20H32N6O/c1-8-21-19(23-13-18-25-24-15(3)26(18)7)22-12-16-10-9-14(2)11-17(16)27-20(4,5)6/h9-11H,8,12-13H2,1-7H3,(H2,21,22,23). The molecule has 0 spiro atoms. The van der Waals surface area contributed by atoms with Gasteiger partial charge in [-0.05, 0) is 53.2 Å². The van der Waals surface area contributed by atoms with Crippen molar-refractivity contribution in [3.63, 3.8) is 0 Å². The van der Waals surface area contributed by atoms with Gasteiger partial charge in [-0.3, -0.25) is 0 Å². The highest BCUT2D eigenvalue weighted by molar-refractivity contribution is 5.79. The van der Waals surface area contributed by atoms with E-state index in [2.05, 4.69) is 66.7 Å². The Hall–Kier alpha value is -2.57. The molecule has 7 nitrogen and oxygen atoms in total. The topological polar surface area (TPSA) is 76.4 Å². The van der Waals surface area contributed by atoms with Gasteiger partial charge < -0.3 is 19.9 Å². The van der Waals surface area contributed by atoms with Crippen molar-refractivity contribution in [3.8, 4) is 5.75 Å². The summed E-state index contributed by atoms with van der Waals surface area (Å²) in [5, 5.41) is 14.8. The Kier molecular flexibility index (Phi) is 6.82. The van der Waals surface area contributed by atoms with E-state index in [4.69, 9.17) is 9.73 Å². The molecule has 7 heteroatoms. The summed E-state index contributed by atoms with van der Waals surface area (Å²) in [6.07, 6.45) is 0. The summed E-state index contributed by atoms with van der Waals surface area (Å²) in [5.41, 5.74) is 1.98. The second kappa shape index (κ2) is 8.88. The van der Waals surface area contributed by atoms with E-state index < -0.39 is 0 Å². The number of nitrogens with one attached hydrogen (secondary N) is 2. The van der Waals surface area contributed by atoms with Gasteiger partial charge in [0.15, 0.2) is 11.8 Å². The van der Waals surface area contributed by atoms with Crippen LogP contribution in [-0.4, -0.2) is 32.9 Å². The number of aliphatic imine (C=N–C) groups is 1. The number of aromatic nitrogens is 3. The number of hydrogen-bond donors (Lipinski definition) is 2. The fraction of sp³-hybridized carbons (Fsp3) is 0.550. The van der Waals surface area contributed by atoms with Crippen LogP contribution in [0.5, 0.6) is 5.75 Å². The third-order valence-corrected chi connectivity index (χ3v) is 3.99. The van der Waals surface area contributed by atoms with Crippen molar-refractivity contribution >= 4 is 5.96 Å². The van der Waals surface area contributed by atoms with Gasteiger partial charge in [-0.2, -0.15) is 0 Å². The van der Waals surface area contributed by atoms with Crippen LogP contribution in [0.1, 0.15) is 50.5 Å². The molecule has 0 aliphatic carbocycles. The Morgan fingerprint density at radius 3 is 2.52 bits per heavy atom. The summed E-state index contributed by atoms with van der Waals surface area (Å²) in [6, 6.07) is 6.23. The molecule has 1 heterocycles. The van der Waals surface area contributed by atoms with E-state index in [1.807, 2.05) is 25.5 Å². The van der Waals surface area contributed by atoms with Crippen LogP contribution in [0.15, 0.2) is 23.2 Å². The van der Waals surface area contributed by atoms with E-state index >= 15 is 0 Å². The summed E-state index contributed by atoms with van der Waals surface area (Å²) in [5.74, 6) is 3.37. The summed E-state index contributed by atoms with van der Waals surface area (Å²) in [6.45, 7) is 14.1. The fourth-order valence-corrected chi connectivity index (χ4v) is 2.49. The maximum atomic E-state index is 6.12. The van der Waals surface area contributed by atoms with Gasteiger partial charge in [0.25, 0.3) is 0 Å². The predicted octanol–water partition coefficient (Wildman–Crippen LogP) is 2.86. The summed E-state index contributed by atoms with van der Waals surface area (Å²) in [4.78, 5) is 4.71. The van der Waals surface area contributed by atoms with E-state index in [1.165, 1.54) is 5.56 Å². The molecule has 0 unspecified atom stereocenters. The van der Waals surface area contributed by atoms with Crippen molar-refractivity contribution in [2.24, 2.45) is 12.0 Å². The number of rotatable bonds is 6. The Labute approximate surface area is 162 Å². The Morgan fingerprint density at radius 2 is 1.93 bits per heavy atom. The second-order valence-electron chi connectivity index (χ2n) is 7.60. The third kappa shape index (κ3) is 6.27. The fourth-order valence-electron chi connectivity index (χ4n) is 2.49. The second-order valence-corrected chi connectivity index (χ2v) is 7.60. The number of nitrogens with zero attached hydrogens (tertiary/aromatic N) is 4. The van der Waals surface area contributed by atoms with Crippen LogP contribution in [0.2, 0.25) is 0 Å². The molecule has 148 valence electrons. The molecule has 0 aliphatic rings. The monoisotopic (exact) mass is 372 g/mol. The van der Waals surface area contributed by atoms with Crippen LogP contribution in [0.25, 0.3) is 0 Å². The number of benzene rings is 1. The molecule has 27 heavy (non-hydrogen) atoms. The Bertz CT molecular complexity index is 788. The average molecular weight is 373 g/mol. The maximum absolute atomic E-state index is 6.12.